The third-order valence-electron chi connectivity index (χ3n) is 3.17. The summed E-state index contributed by atoms with van der Waals surface area (Å²) in [7, 11) is 0. The average Bonchev–Trinajstić information content (AvgIpc) is 2.32. The summed E-state index contributed by atoms with van der Waals surface area (Å²) >= 11 is 5.73. The molecule has 2 nitrogen and oxygen atoms in total. The van der Waals surface area contributed by atoms with Crippen molar-refractivity contribution in [3.05, 3.63) is 34.6 Å². The molecule has 17 heavy (non-hydrogen) atoms. The zero-order valence-electron chi connectivity index (χ0n) is 9.93. The molecule has 0 bridgehead atoms. The van der Waals surface area contributed by atoms with Gasteiger partial charge in [-0.2, -0.15) is 0 Å². The van der Waals surface area contributed by atoms with Crippen LogP contribution in [0.15, 0.2) is 18.2 Å². The van der Waals surface area contributed by atoms with Gasteiger partial charge in [-0.3, -0.25) is 0 Å². The average molecular weight is 258 g/mol. The Labute approximate surface area is 106 Å². The van der Waals surface area contributed by atoms with Crippen LogP contribution in [-0.4, -0.2) is 18.7 Å². The zero-order chi connectivity index (χ0) is 12.3. The van der Waals surface area contributed by atoms with Crippen LogP contribution in [0.25, 0.3) is 0 Å². The van der Waals surface area contributed by atoms with Gasteiger partial charge in [0.05, 0.1) is 17.2 Å². The third-order valence-corrected chi connectivity index (χ3v) is 3.46. The lowest BCUT2D eigenvalue weighted by atomic mass is 9.96. The van der Waals surface area contributed by atoms with Crippen LogP contribution in [0.5, 0.6) is 0 Å². The zero-order valence-corrected chi connectivity index (χ0v) is 10.7. The summed E-state index contributed by atoms with van der Waals surface area (Å²) in [5, 5.41) is 3.44. The van der Waals surface area contributed by atoms with Crippen LogP contribution in [0.1, 0.15) is 25.3 Å². The molecule has 0 saturated carbocycles. The molecule has 1 saturated heterocycles. The summed E-state index contributed by atoms with van der Waals surface area (Å²) in [6.07, 6.45) is 2.09. The summed E-state index contributed by atoms with van der Waals surface area (Å²) in [4.78, 5) is 0. The predicted octanol–water partition coefficient (Wildman–Crippen LogP) is 3.14. The van der Waals surface area contributed by atoms with E-state index in [0.29, 0.717) is 5.56 Å². The molecule has 1 atom stereocenters. The number of rotatable bonds is 3. The molecule has 1 fully saturated rings. The molecule has 0 radical (unpaired) electrons. The molecule has 0 aromatic heterocycles. The molecular formula is C13H17ClFNO. The second-order valence-corrected chi connectivity index (χ2v) is 5.14. The normalized spacial score (nSPS) is 24.9. The van der Waals surface area contributed by atoms with Gasteiger partial charge in [0.2, 0.25) is 0 Å². The molecule has 1 heterocycles. The topological polar surface area (TPSA) is 21.3 Å². The van der Waals surface area contributed by atoms with Gasteiger partial charge in [-0.05, 0) is 32.4 Å². The van der Waals surface area contributed by atoms with Gasteiger partial charge in [0, 0.05) is 12.1 Å². The lowest BCUT2D eigenvalue weighted by Crippen LogP contribution is -2.45. The summed E-state index contributed by atoms with van der Waals surface area (Å²) in [5.74, 6) is -0.374. The van der Waals surface area contributed by atoms with E-state index in [4.69, 9.17) is 16.3 Å². The molecule has 1 aromatic rings. The molecule has 4 heteroatoms. The van der Waals surface area contributed by atoms with E-state index in [-0.39, 0.29) is 23.0 Å². The van der Waals surface area contributed by atoms with Crippen molar-refractivity contribution < 1.29 is 9.13 Å². The van der Waals surface area contributed by atoms with Crippen LogP contribution in [0, 0.1) is 5.82 Å². The summed E-state index contributed by atoms with van der Waals surface area (Å²) < 4.78 is 19.5. The Bertz CT molecular complexity index is 391. The van der Waals surface area contributed by atoms with E-state index in [1.54, 1.807) is 18.2 Å². The molecule has 2 rings (SSSR count). The number of piperidine rings is 1. The fourth-order valence-electron chi connectivity index (χ4n) is 2.06. The Balaban J connectivity index is 1.99. The fourth-order valence-corrected chi connectivity index (χ4v) is 2.26. The molecule has 1 aliphatic rings. The van der Waals surface area contributed by atoms with Crippen molar-refractivity contribution in [3.8, 4) is 0 Å². The number of benzene rings is 1. The van der Waals surface area contributed by atoms with E-state index >= 15 is 0 Å². The Morgan fingerprint density at radius 2 is 2.35 bits per heavy atom. The van der Waals surface area contributed by atoms with Crippen molar-refractivity contribution in [2.75, 3.05) is 13.1 Å². The fraction of sp³-hybridized carbons (Fsp3) is 0.538. The van der Waals surface area contributed by atoms with Gasteiger partial charge in [-0.25, -0.2) is 4.39 Å². The smallest absolute Gasteiger partial charge is 0.147 e. The van der Waals surface area contributed by atoms with E-state index in [9.17, 15) is 4.39 Å². The van der Waals surface area contributed by atoms with E-state index < -0.39 is 0 Å². The maximum Gasteiger partial charge on any atom is 0.147 e. The van der Waals surface area contributed by atoms with Crippen molar-refractivity contribution in [3.63, 3.8) is 0 Å². The van der Waals surface area contributed by atoms with Crippen LogP contribution in [0.4, 0.5) is 4.39 Å². The summed E-state index contributed by atoms with van der Waals surface area (Å²) in [6, 6.07) is 5.00. The highest BCUT2D eigenvalue weighted by Crippen LogP contribution is 2.24. The first kappa shape index (κ1) is 12.8. The van der Waals surface area contributed by atoms with Crippen molar-refractivity contribution in [1.29, 1.82) is 0 Å². The Kier molecular flexibility index (Phi) is 4.02. The highest BCUT2D eigenvalue weighted by molar-refractivity contribution is 6.30. The predicted molar refractivity (Wildman–Crippen MR) is 66.7 cm³/mol. The Morgan fingerprint density at radius 1 is 1.53 bits per heavy atom. The molecule has 1 N–H and O–H groups in total. The molecule has 94 valence electrons. The maximum absolute atomic E-state index is 13.7. The standard InChI is InChI=1S/C13H17ClFNO/c1-13(6-3-7-16-9-13)17-8-10-4-2-5-11(14)12(10)15/h2,4-5,16H,3,6-9H2,1H3. The molecule has 0 aliphatic carbocycles. The highest BCUT2D eigenvalue weighted by Gasteiger charge is 2.27. The lowest BCUT2D eigenvalue weighted by Gasteiger charge is -2.34. The number of hydrogen-bond acceptors (Lipinski definition) is 2. The van der Waals surface area contributed by atoms with Crippen LogP contribution >= 0.6 is 11.6 Å². The first-order valence-corrected chi connectivity index (χ1v) is 6.26. The van der Waals surface area contributed by atoms with Crippen LogP contribution in [0.2, 0.25) is 5.02 Å². The van der Waals surface area contributed by atoms with Gasteiger partial charge in [-0.15, -0.1) is 0 Å². The minimum absolute atomic E-state index is 0.151. The van der Waals surface area contributed by atoms with Gasteiger partial charge in [0.15, 0.2) is 0 Å². The van der Waals surface area contributed by atoms with E-state index in [1.807, 2.05) is 0 Å². The first-order valence-electron chi connectivity index (χ1n) is 5.88. The second kappa shape index (κ2) is 5.34. The van der Waals surface area contributed by atoms with E-state index in [1.165, 1.54) is 0 Å². The number of halogens is 2. The molecule has 0 amide bonds. The number of nitrogens with one attached hydrogen (secondary N) is 1. The van der Waals surface area contributed by atoms with Crippen LogP contribution in [-0.2, 0) is 11.3 Å². The van der Waals surface area contributed by atoms with Crippen molar-refractivity contribution in [2.45, 2.75) is 32.0 Å². The van der Waals surface area contributed by atoms with Gasteiger partial charge in [-0.1, -0.05) is 23.7 Å². The van der Waals surface area contributed by atoms with Crippen molar-refractivity contribution in [1.82, 2.24) is 5.32 Å². The highest BCUT2D eigenvalue weighted by atomic mass is 35.5. The van der Waals surface area contributed by atoms with Gasteiger partial charge in [0.1, 0.15) is 5.82 Å². The van der Waals surface area contributed by atoms with Crippen molar-refractivity contribution >= 4 is 11.6 Å². The first-order chi connectivity index (χ1) is 8.11. The lowest BCUT2D eigenvalue weighted by molar-refractivity contribution is -0.0579. The molecule has 1 aromatic carbocycles. The molecule has 1 aliphatic heterocycles. The van der Waals surface area contributed by atoms with Crippen molar-refractivity contribution in [2.24, 2.45) is 0 Å². The van der Waals surface area contributed by atoms with Gasteiger partial charge < -0.3 is 10.1 Å². The Hall–Kier alpha value is -0.640. The van der Waals surface area contributed by atoms with Crippen LogP contribution < -0.4 is 5.32 Å². The number of hydrogen-bond donors (Lipinski definition) is 1. The monoisotopic (exact) mass is 257 g/mol. The second-order valence-electron chi connectivity index (χ2n) is 4.73. The van der Waals surface area contributed by atoms with Crippen LogP contribution in [0.3, 0.4) is 0 Å². The molecule has 0 spiro atoms. The molecular weight excluding hydrogens is 241 g/mol. The summed E-state index contributed by atoms with van der Waals surface area (Å²) in [6.45, 7) is 4.17. The van der Waals surface area contributed by atoms with Gasteiger partial charge >= 0.3 is 0 Å². The number of ether oxygens (including phenoxy) is 1. The Morgan fingerprint density at radius 3 is 3.06 bits per heavy atom. The quantitative estimate of drug-likeness (QED) is 0.898. The van der Waals surface area contributed by atoms with E-state index in [0.717, 1.165) is 25.9 Å². The van der Waals surface area contributed by atoms with Gasteiger partial charge in [0.25, 0.3) is 0 Å². The SMILES string of the molecule is CC1(OCc2cccc(Cl)c2F)CCCNC1. The largest absolute Gasteiger partial charge is 0.369 e. The minimum atomic E-state index is -0.374. The van der Waals surface area contributed by atoms with E-state index in [2.05, 4.69) is 12.2 Å². The third kappa shape index (κ3) is 3.18. The molecule has 1 unspecified atom stereocenters. The maximum atomic E-state index is 13.7. The summed E-state index contributed by atoms with van der Waals surface area (Å²) in [5.41, 5.74) is 0.316. The minimum Gasteiger partial charge on any atom is -0.369 e.